The average molecular weight is 240 g/mol. The van der Waals surface area contributed by atoms with Crippen molar-refractivity contribution in [3.63, 3.8) is 0 Å². The predicted molar refractivity (Wildman–Crippen MR) is 63.5 cm³/mol. The molecule has 0 aliphatic rings. The number of anilines is 1. The molecule has 2 heteroatoms. The van der Waals surface area contributed by atoms with Crippen LogP contribution in [0.1, 0.15) is 11.1 Å². The van der Waals surface area contributed by atoms with E-state index in [-0.39, 0.29) is 0 Å². The van der Waals surface area contributed by atoms with Crippen LogP contribution in [0.4, 0.5) is 5.69 Å². The van der Waals surface area contributed by atoms with Crippen molar-refractivity contribution in [2.75, 3.05) is 19.0 Å². The van der Waals surface area contributed by atoms with Gasteiger partial charge in [0.1, 0.15) is 0 Å². The van der Waals surface area contributed by atoms with Crippen molar-refractivity contribution < 1.29 is 0 Å². The molecular weight excluding hydrogens is 226 g/mol. The summed E-state index contributed by atoms with van der Waals surface area (Å²) in [5.74, 6) is 0. The number of rotatable bonds is 2. The van der Waals surface area contributed by atoms with Gasteiger partial charge < -0.3 is 4.90 Å². The maximum atomic E-state index is 3.28. The molecule has 0 aliphatic heterocycles. The van der Waals surface area contributed by atoms with Crippen molar-refractivity contribution in [2.45, 2.75) is 6.92 Å². The van der Waals surface area contributed by atoms with E-state index in [1.807, 2.05) is 4.99 Å². The number of halogens is 1. The van der Waals surface area contributed by atoms with Gasteiger partial charge in [0.15, 0.2) is 0 Å². The minimum absolute atomic E-state index is 1.24. The Labute approximate surface area is 88.2 Å². The van der Waals surface area contributed by atoms with Gasteiger partial charge in [0.2, 0.25) is 0 Å². The number of hydrogen-bond donors (Lipinski definition) is 0. The van der Waals surface area contributed by atoms with Crippen molar-refractivity contribution in [2.24, 2.45) is 0 Å². The molecule has 0 radical (unpaired) electrons. The van der Waals surface area contributed by atoms with E-state index < -0.39 is 0 Å². The standard InChI is InChI=1S/C11H14BrN/c1-9-8-11(13(2)3)5-4-10(9)6-7-12/h4-8H,1-3H3. The molecule has 0 aliphatic carbocycles. The van der Waals surface area contributed by atoms with Crippen molar-refractivity contribution in [3.05, 3.63) is 34.3 Å². The Morgan fingerprint density at radius 2 is 2.00 bits per heavy atom. The fourth-order valence-corrected chi connectivity index (χ4v) is 1.48. The summed E-state index contributed by atoms with van der Waals surface area (Å²) in [5.41, 5.74) is 3.79. The first-order valence-electron chi connectivity index (χ1n) is 4.20. The molecule has 1 nitrogen and oxygen atoms in total. The lowest BCUT2D eigenvalue weighted by Gasteiger charge is -2.13. The molecule has 0 atom stereocenters. The summed E-state index contributed by atoms with van der Waals surface area (Å²) in [6, 6.07) is 6.43. The lowest BCUT2D eigenvalue weighted by atomic mass is 10.1. The zero-order valence-electron chi connectivity index (χ0n) is 8.21. The van der Waals surface area contributed by atoms with E-state index in [1.54, 1.807) is 0 Å². The van der Waals surface area contributed by atoms with Crippen molar-refractivity contribution in [1.82, 2.24) is 0 Å². The second-order valence-electron chi connectivity index (χ2n) is 3.23. The van der Waals surface area contributed by atoms with E-state index in [0.717, 1.165) is 0 Å². The first-order valence-corrected chi connectivity index (χ1v) is 5.11. The van der Waals surface area contributed by atoms with Crippen molar-refractivity contribution >= 4 is 27.7 Å². The molecule has 1 rings (SSSR count). The van der Waals surface area contributed by atoms with Crippen LogP contribution in [-0.2, 0) is 0 Å². The molecule has 0 spiro atoms. The SMILES string of the molecule is Cc1cc(N(C)C)ccc1C=CBr. The molecule has 0 amide bonds. The van der Waals surface area contributed by atoms with Gasteiger partial charge in [-0.2, -0.15) is 0 Å². The lowest BCUT2D eigenvalue weighted by Crippen LogP contribution is -2.08. The zero-order chi connectivity index (χ0) is 9.84. The highest BCUT2D eigenvalue weighted by Gasteiger charge is 1.98. The van der Waals surface area contributed by atoms with Gasteiger partial charge in [-0.05, 0) is 41.2 Å². The van der Waals surface area contributed by atoms with Crippen LogP contribution in [0.5, 0.6) is 0 Å². The number of nitrogens with zero attached hydrogens (tertiary/aromatic N) is 1. The highest BCUT2D eigenvalue weighted by molar-refractivity contribution is 9.11. The Balaban J connectivity index is 3.05. The topological polar surface area (TPSA) is 3.24 Å². The largest absolute Gasteiger partial charge is 0.378 e. The molecule has 0 fully saturated rings. The van der Waals surface area contributed by atoms with Crippen LogP contribution in [0.2, 0.25) is 0 Å². The second-order valence-corrected chi connectivity index (χ2v) is 3.76. The summed E-state index contributed by atoms with van der Waals surface area (Å²) in [6.07, 6.45) is 2.05. The molecule has 13 heavy (non-hydrogen) atoms. The van der Waals surface area contributed by atoms with Crippen LogP contribution >= 0.6 is 15.9 Å². The van der Waals surface area contributed by atoms with Gasteiger partial charge in [0, 0.05) is 19.8 Å². The van der Waals surface area contributed by atoms with Crippen LogP contribution in [-0.4, -0.2) is 14.1 Å². The molecule has 1 aromatic rings. The molecular formula is C11H14BrN. The molecule has 0 saturated carbocycles. The molecule has 0 N–H and O–H groups in total. The molecule has 70 valence electrons. The minimum Gasteiger partial charge on any atom is -0.378 e. The Hall–Kier alpha value is -0.760. The average Bonchev–Trinajstić information content (AvgIpc) is 2.08. The van der Waals surface area contributed by atoms with Gasteiger partial charge >= 0.3 is 0 Å². The van der Waals surface area contributed by atoms with Gasteiger partial charge in [-0.15, -0.1) is 0 Å². The van der Waals surface area contributed by atoms with Crippen LogP contribution in [0.15, 0.2) is 23.2 Å². The van der Waals surface area contributed by atoms with Crippen molar-refractivity contribution in [1.29, 1.82) is 0 Å². The third-order valence-corrected chi connectivity index (χ3v) is 2.28. The highest BCUT2D eigenvalue weighted by atomic mass is 79.9. The summed E-state index contributed by atoms with van der Waals surface area (Å²) < 4.78 is 0. The van der Waals surface area contributed by atoms with Crippen LogP contribution in [0.3, 0.4) is 0 Å². The minimum atomic E-state index is 1.24. The van der Waals surface area contributed by atoms with E-state index >= 15 is 0 Å². The monoisotopic (exact) mass is 239 g/mol. The molecule has 0 aromatic heterocycles. The highest BCUT2D eigenvalue weighted by Crippen LogP contribution is 2.18. The maximum absolute atomic E-state index is 3.28. The summed E-state index contributed by atoms with van der Waals surface area (Å²) in [6.45, 7) is 2.12. The summed E-state index contributed by atoms with van der Waals surface area (Å²) in [5, 5.41) is 0. The Bertz CT molecular complexity index is 316. The third kappa shape index (κ3) is 2.59. The molecule has 0 saturated heterocycles. The smallest absolute Gasteiger partial charge is 0.0364 e. The first kappa shape index (κ1) is 10.3. The molecule has 1 aromatic carbocycles. The van der Waals surface area contributed by atoms with Crippen molar-refractivity contribution in [3.8, 4) is 0 Å². The lowest BCUT2D eigenvalue weighted by molar-refractivity contribution is 1.13. The third-order valence-electron chi connectivity index (χ3n) is 2.01. The van der Waals surface area contributed by atoms with Crippen LogP contribution in [0, 0.1) is 6.92 Å². The van der Waals surface area contributed by atoms with Gasteiger partial charge in [0.05, 0.1) is 0 Å². The summed E-state index contributed by atoms with van der Waals surface area (Å²) >= 11 is 3.28. The summed E-state index contributed by atoms with van der Waals surface area (Å²) in [7, 11) is 4.10. The van der Waals surface area contributed by atoms with Gasteiger partial charge in [-0.3, -0.25) is 0 Å². The number of benzene rings is 1. The Kier molecular flexibility index (Phi) is 3.55. The molecule has 0 unspecified atom stereocenters. The quantitative estimate of drug-likeness (QED) is 0.765. The van der Waals surface area contributed by atoms with E-state index in [4.69, 9.17) is 0 Å². The Morgan fingerprint density at radius 3 is 2.46 bits per heavy atom. The first-order chi connectivity index (χ1) is 6.15. The normalized spacial score (nSPS) is 10.8. The summed E-state index contributed by atoms with van der Waals surface area (Å²) in [4.78, 5) is 3.99. The fraction of sp³-hybridized carbons (Fsp3) is 0.273. The predicted octanol–water partition coefficient (Wildman–Crippen LogP) is 3.43. The maximum Gasteiger partial charge on any atom is 0.0364 e. The Morgan fingerprint density at radius 1 is 1.31 bits per heavy atom. The van der Waals surface area contributed by atoms with E-state index in [1.165, 1.54) is 16.8 Å². The van der Waals surface area contributed by atoms with E-state index in [2.05, 4.69) is 66.1 Å². The van der Waals surface area contributed by atoms with Crippen LogP contribution in [0.25, 0.3) is 6.08 Å². The number of aryl methyl sites for hydroxylation is 1. The second kappa shape index (κ2) is 4.47. The van der Waals surface area contributed by atoms with Gasteiger partial charge in [-0.1, -0.05) is 22.0 Å². The van der Waals surface area contributed by atoms with Crippen LogP contribution < -0.4 is 4.90 Å². The molecule has 0 bridgehead atoms. The zero-order valence-corrected chi connectivity index (χ0v) is 9.80. The van der Waals surface area contributed by atoms with E-state index in [9.17, 15) is 0 Å². The molecule has 0 heterocycles. The van der Waals surface area contributed by atoms with Gasteiger partial charge in [0.25, 0.3) is 0 Å². The van der Waals surface area contributed by atoms with E-state index in [0.29, 0.717) is 0 Å². The van der Waals surface area contributed by atoms with Gasteiger partial charge in [-0.25, -0.2) is 0 Å². The fourth-order valence-electron chi connectivity index (χ4n) is 1.19. The number of hydrogen-bond acceptors (Lipinski definition) is 1.